The van der Waals surface area contributed by atoms with E-state index < -0.39 is 0 Å². The number of methoxy groups -OCH3 is 1. The number of ether oxygens (including phenoxy) is 1. The molecule has 0 bridgehead atoms. The SMILES string of the molecule is COc1ccc(C(C)NC(=O)c2csc(CN)n2)cc1Br. The van der Waals surface area contributed by atoms with E-state index in [0.29, 0.717) is 12.2 Å². The first-order valence-corrected chi connectivity index (χ1v) is 8.01. The van der Waals surface area contributed by atoms with Crippen LogP contribution in [0.25, 0.3) is 0 Å². The van der Waals surface area contributed by atoms with Crippen LogP contribution in [0.3, 0.4) is 0 Å². The van der Waals surface area contributed by atoms with Crippen LogP contribution >= 0.6 is 27.3 Å². The third-order valence-corrected chi connectivity index (χ3v) is 4.47. The van der Waals surface area contributed by atoms with Crippen LogP contribution in [0.15, 0.2) is 28.1 Å². The minimum Gasteiger partial charge on any atom is -0.496 e. The molecule has 0 aliphatic heterocycles. The molecule has 21 heavy (non-hydrogen) atoms. The Morgan fingerprint density at radius 3 is 2.90 bits per heavy atom. The van der Waals surface area contributed by atoms with Crippen LogP contribution in [0.5, 0.6) is 5.75 Å². The lowest BCUT2D eigenvalue weighted by Gasteiger charge is -2.15. The second kappa shape index (κ2) is 7.02. The first-order chi connectivity index (χ1) is 10.0. The summed E-state index contributed by atoms with van der Waals surface area (Å²) in [5.41, 5.74) is 6.88. The summed E-state index contributed by atoms with van der Waals surface area (Å²) in [6, 6.07) is 5.57. The van der Waals surface area contributed by atoms with E-state index in [1.54, 1.807) is 12.5 Å². The lowest BCUT2D eigenvalue weighted by Crippen LogP contribution is -2.27. The molecule has 1 amide bonds. The second-order valence-electron chi connectivity index (χ2n) is 4.42. The van der Waals surface area contributed by atoms with Gasteiger partial charge in [0.2, 0.25) is 0 Å². The van der Waals surface area contributed by atoms with Crippen LogP contribution in [0.4, 0.5) is 0 Å². The van der Waals surface area contributed by atoms with Crippen LogP contribution in [0, 0.1) is 0 Å². The molecule has 0 aliphatic rings. The number of aromatic nitrogens is 1. The first kappa shape index (κ1) is 15.9. The van der Waals surface area contributed by atoms with Crippen molar-refractivity contribution in [1.29, 1.82) is 0 Å². The maximum absolute atomic E-state index is 12.1. The molecule has 5 nitrogen and oxygen atoms in total. The Balaban J connectivity index is 2.08. The van der Waals surface area contributed by atoms with Gasteiger partial charge in [-0.05, 0) is 40.5 Å². The van der Waals surface area contributed by atoms with Crippen LogP contribution in [0.2, 0.25) is 0 Å². The number of carbonyl (C=O) groups excluding carboxylic acids is 1. The molecule has 1 aromatic carbocycles. The number of halogens is 1. The molecule has 1 atom stereocenters. The minimum absolute atomic E-state index is 0.136. The van der Waals surface area contributed by atoms with E-state index in [-0.39, 0.29) is 11.9 Å². The highest BCUT2D eigenvalue weighted by atomic mass is 79.9. The highest BCUT2D eigenvalue weighted by Crippen LogP contribution is 2.28. The molecule has 3 N–H and O–H groups in total. The van der Waals surface area contributed by atoms with Crippen molar-refractivity contribution in [3.05, 3.63) is 44.3 Å². The van der Waals surface area contributed by atoms with E-state index in [9.17, 15) is 4.79 Å². The number of thiazole rings is 1. The average Bonchev–Trinajstić information content (AvgIpc) is 2.96. The molecular weight excluding hydrogens is 354 g/mol. The summed E-state index contributed by atoms with van der Waals surface area (Å²) in [6.07, 6.45) is 0. The molecule has 1 aromatic heterocycles. The Morgan fingerprint density at radius 1 is 1.57 bits per heavy atom. The zero-order valence-electron chi connectivity index (χ0n) is 11.7. The van der Waals surface area contributed by atoms with Crippen molar-refractivity contribution < 1.29 is 9.53 Å². The van der Waals surface area contributed by atoms with Crippen LogP contribution < -0.4 is 15.8 Å². The monoisotopic (exact) mass is 369 g/mol. The Bertz CT molecular complexity index is 645. The summed E-state index contributed by atoms with van der Waals surface area (Å²) in [5, 5.41) is 5.38. The number of benzene rings is 1. The van der Waals surface area contributed by atoms with Gasteiger partial charge in [-0.2, -0.15) is 0 Å². The molecule has 2 aromatic rings. The highest BCUT2D eigenvalue weighted by molar-refractivity contribution is 9.10. The predicted molar refractivity (Wildman–Crippen MR) is 86.6 cm³/mol. The van der Waals surface area contributed by atoms with Gasteiger partial charge < -0.3 is 15.8 Å². The van der Waals surface area contributed by atoms with Gasteiger partial charge in [0, 0.05) is 11.9 Å². The van der Waals surface area contributed by atoms with Gasteiger partial charge >= 0.3 is 0 Å². The van der Waals surface area contributed by atoms with E-state index in [1.807, 2.05) is 25.1 Å². The van der Waals surface area contributed by atoms with Crippen molar-refractivity contribution in [2.75, 3.05) is 7.11 Å². The Hall–Kier alpha value is -1.44. The molecular formula is C14H16BrN3O2S. The number of rotatable bonds is 5. The van der Waals surface area contributed by atoms with Gasteiger partial charge in [-0.15, -0.1) is 11.3 Å². The number of nitrogens with one attached hydrogen (secondary N) is 1. The zero-order chi connectivity index (χ0) is 15.4. The number of carbonyl (C=O) groups is 1. The van der Waals surface area contributed by atoms with Gasteiger partial charge in [-0.25, -0.2) is 4.98 Å². The molecule has 1 unspecified atom stereocenters. The smallest absolute Gasteiger partial charge is 0.271 e. The third-order valence-electron chi connectivity index (χ3n) is 2.98. The quantitative estimate of drug-likeness (QED) is 0.849. The summed E-state index contributed by atoms with van der Waals surface area (Å²) >= 11 is 4.82. The molecule has 0 saturated heterocycles. The van der Waals surface area contributed by atoms with E-state index in [4.69, 9.17) is 10.5 Å². The fourth-order valence-corrected chi connectivity index (χ4v) is 3.03. The van der Waals surface area contributed by atoms with Gasteiger partial charge in [0.15, 0.2) is 0 Å². The fraction of sp³-hybridized carbons (Fsp3) is 0.286. The molecule has 0 radical (unpaired) electrons. The Morgan fingerprint density at radius 2 is 2.33 bits per heavy atom. The van der Waals surface area contributed by atoms with Gasteiger partial charge in [0.1, 0.15) is 16.5 Å². The largest absolute Gasteiger partial charge is 0.496 e. The summed E-state index contributed by atoms with van der Waals surface area (Å²) in [4.78, 5) is 16.3. The van der Waals surface area contributed by atoms with Crippen LogP contribution in [-0.2, 0) is 6.54 Å². The van der Waals surface area contributed by atoms with Crippen molar-refractivity contribution in [3.63, 3.8) is 0 Å². The fourth-order valence-electron chi connectivity index (χ4n) is 1.81. The van der Waals surface area contributed by atoms with Crippen molar-refractivity contribution in [3.8, 4) is 5.75 Å². The summed E-state index contributed by atoms with van der Waals surface area (Å²) in [6.45, 7) is 2.27. The third kappa shape index (κ3) is 3.81. The van der Waals surface area contributed by atoms with E-state index in [1.165, 1.54) is 11.3 Å². The normalized spacial score (nSPS) is 12.0. The lowest BCUT2D eigenvalue weighted by atomic mass is 10.1. The predicted octanol–water partition coefficient (Wildman–Crippen LogP) is 2.86. The van der Waals surface area contributed by atoms with Crippen molar-refractivity contribution in [2.24, 2.45) is 5.73 Å². The van der Waals surface area contributed by atoms with Crippen molar-refractivity contribution >= 4 is 33.2 Å². The van der Waals surface area contributed by atoms with Gasteiger partial charge in [0.25, 0.3) is 5.91 Å². The summed E-state index contributed by atoms with van der Waals surface area (Å²) in [7, 11) is 1.61. The van der Waals surface area contributed by atoms with Gasteiger partial charge in [0.05, 0.1) is 17.6 Å². The zero-order valence-corrected chi connectivity index (χ0v) is 14.1. The number of hydrogen-bond donors (Lipinski definition) is 2. The number of hydrogen-bond acceptors (Lipinski definition) is 5. The molecule has 0 fully saturated rings. The number of nitrogens with zero attached hydrogens (tertiary/aromatic N) is 1. The molecule has 1 heterocycles. The standard InChI is InChI=1S/C14H16BrN3O2S/c1-8(9-3-4-12(20-2)10(15)5-9)17-14(19)11-7-21-13(6-16)18-11/h3-5,7-8H,6,16H2,1-2H3,(H,17,19). The second-order valence-corrected chi connectivity index (χ2v) is 6.22. The Kier molecular flexibility index (Phi) is 5.33. The van der Waals surface area contributed by atoms with Gasteiger partial charge in [-0.1, -0.05) is 6.07 Å². The van der Waals surface area contributed by atoms with E-state index in [0.717, 1.165) is 20.8 Å². The van der Waals surface area contributed by atoms with Crippen LogP contribution in [0.1, 0.15) is 34.0 Å². The average molecular weight is 370 g/mol. The molecule has 0 spiro atoms. The molecule has 0 aliphatic carbocycles. The first-order valence-electron chi connectivity index (χ1n) is 6.34. The highest BCUT2D eigenvalue weighted by Gasteiger charge is 2.15. The van der Waals surface area contributed by atoms with Gasteiger partial charge in [-0.3, -0.25) is 4.79 Å². The molecule has 7 heteroatoms. The summed E-state index contributed by atoms with van der Waals surface area (Å²) < 4.78 is 6.04. The lowest BCUT2D eigenvalue weighted by molar-refractivity contribution is 0.0935. The molecule has 112 valence electrons. The number of amides is 1. The Labute approximate surface area is 135 Å². The van der Waals surface area contributed by atoms with E-state index >= 15 is 0 Å². The topological polar surface area (TPSA) is 77.2 Å². The van der Waals surface area contributed by atoms with Crippen LogP contribution in [-0.4, -0.2) is 18.0 Å². The van der Waals surface area contributed by atoms with Crippen molar-refractivity contribution in [1.82, 2.24) is 10.3 Å². The minimum atomic E-state index is -0.203. The summed E-state index contributed by atoms with van der Waals surface area (Å²) in [5.74, 6) is 0.551. The van der Waals surface area contributed by atoms with E-state index in [2.05, 4.69) is 26.2 Å². The maximum atomic E-state index is 12.1. The number of nitrogens with two attached hydrogens (primary N) is 1. The van der Waals surface area contributed by atoms with Crippen molar-refractivity contribution in [2.45, 2.75) is 19.5 Å². The molecule has 0 saturated carbocycles. The molecule has 2 rings (SSSR count). The maximum Gasteiger partial charge on any atom is 0.271 e.